The first-order valence-electron chi connectivity index (χ1n) is 16.5. The van der Waals surface area contributed by atoms with E-state index in [2.05, 4.69) is 170 Å². The summed E-state index contributed by atoms with van der Waals surface area (Å²) in [6.07, 6.45) is 0.970. The van der Waals surface area contributed by atoms with Crippen molar-refractivity contribution in [3.63, 3.8) is 0 Å². The van der Waals surface area contributed by atoms with Crippen molar-refractivity contribution in [3.8, 4) is 44.5 Å². The van der Waals surface area contributed by atoms with Crippen molar-refractivity contribution in [1.29, 1.82) is 0 Å². The van der Waals surface area contributed by atoms with Crippen molar-refractivity contribution >= 4 is 43.1 Å². The van der Waals surface area contributed by atoms with Crippen molar-refractivity contribution in [2.45, 2.75) is 6.42 Å². The van der Waals surface area contributed by atoms with Gasteiger partial charge in [0.25, 0.3) is 0 Å². The Kier molecular flexibility index (Phi) is 5.74. The Bertz CT molecular complexity index is 2710. The standard InChI is InChI=1S/C47H30/c1-3-11-40-30(7-1)15-16-32-17-18-38(28-45(32)40)37-22-21-35-25-34(19-20-36(35)26-37)33-9-5-10-39(27-33)42-13-6-14-43-44-24-23-31-8-2-4-12-41(31)46(44)29-47(42)43/h1-28H,29H2. The number of fused-ring (bicyclic) bond motifs is 9. The molecule has 1 aliphatic carbocycles. The third-order valence-electron chi connectivity index (χ3n) is 10.3. The quantitative estimate of drug-likeness (QED) is 0.179. The zero-order valence-electron chi connectivity index (χ0n) is 25.9. The zero-order chi connectivity index (χ0) is 30.9. The number of benzene rings is 9. The van der Waals surface area contributed by atoms with E-state index in [4.69, 9.17) is 0 Å². The lowest BCUT2D eigenvalue weighted by Crippen LogP contribution is -1.89. The number of hydrogen-bond donors (Lipinski definition) is 0. The van der Waals surface area contributed by atoms with E-state index in [1.54, 1.807) is 0 Å². The van der Waals surface area contributed by atoms with E-state index in [1.807, 2.05) is 0 Å². The highest BCUT2D eigenvalue weighted by Crippen LogP contribution is 2.44. The Labute approximate surface area is 274 Å². The van der Waals surface area contributed by atoms with Gasteiger partial charge >= 0.3 is 0 Å². The maximum absolute atomic E-state index is 2.37. The molecule has 10 rings (SSSR count). The van der Waals surface area contributed by atoms with Gasteiger partial charge in [0, 0.05) is 0 Å². The minimum atomic E-state index is 0.970. The highest BCUT2D eigenvalue weighted by molar-refractivity contribution is 6.09. The first kappa shape index (κ1) is 26.3. The van der Waals surface area contributed by atoms with Crippen LogP contribution in [-0.2, 0) is 6.42 Å². The Morgan fingerprint density at radius 1 is 0.255 bits per heavy atom. The molecule has 0 radical (unpaired) electrons. The summed E-state index contributed by atoms with van der Waals surface area (Å²) >= 11 is 0. The molecule has 0 atom stereocenters. The van der Waals surface area contributed by atoms with Gasteiger partial charge < -0.3 is 0 Å². The average molecular weight is 595 g/mol. The van der Waals surface area contributed by atoms with E-state index in [0.717, 1.165) is 6.42 Å². The highest BCUT2D eigenvalue weighted by Gasteiger charge is 2.23. The van der Waals surface area contributed by atoms with Crippen LogP contribution in [0.15, 0.2) is 170 Å². The van der Waals surface area contributed by atoms with Gasteiger partial charge in [0.15, 0.2) is 0 Å². The molecule has 0 N–H and O–H groups in total. The fourth-order valence-electron chi connectivity index (χ4n) is 7.91. The Morgan fingerprint density at radius 3 is 1.55 bits per heavy atom. The van der Waals surface area contributed by atoms with Gasteiger partial charge in [0.2, 0.25) is 0 Å². The van der Waals surface area contributed by atoms with Gasteiger partial charge in [-0.25, -0.2) is 0 Å². The molecule has 0 fully saturated rings. The fourth-order valence-corrected chi connectivity index (χ4v) is 7.91. The highest BCUT2D eigenvalue weighted by atomic mass is 14.3. The molecule has 9 aromatic carbocycles. The summed E-state index contributed by atoms with van der Waals surface area (Å²) in [5.74, 6) is 0. The van der Waals surface area contributed by atoms with E-state index in [-0.39, 0.29) is 0 Å². The molecule has 0 heterocycles. The van der Waals surface area contributed by atoms with Crippen molar-refractivity contribution in [2.24, 2.45) is 0 Å². The Morgan fingerprint density at radius 2 is 0.766 bits per heavy atom. The van der Waals surface area contributed by atoms with E-state index < -0.39 is 0 Å². The van der Waals surface area contributed by atoms with Crippen LogP contribution in [0.3, 0.4) is 0 Å². The van der Waals surface area contributed by atoms with Crippen molar-refractivity contribution in [3.05, 3.63) is 181 Å². The summed E-state index contributed by atoms with van der Waals surface area (Å²) in [7, 11) is 0. The minimum Gasteiger partial charge on any atom is -0.0616 e. The van der Waals surface area contributed by atoms with Gasteiger partial charge in [-0.3, -0.25) is 0 Å². The molecule has 0 spiro atoms. The van der Waals surface area contributed by atoms with E-state index in [9.17, 15) is 0 Å². The van der Waals surface area contributed by atoms with Crippen LogP contribution in [0.5, 0.6) is 0 Å². The largest absolute Gasteiger partial charge is 0.0616 e. The summed E-state index contributed by atoms with van der Waals surface area (Å²) in [6.45, 7) is 0. The monoisotopic (exact) mass is 594 g/mol. The summed E-state index contributed by atoms with van der Waals surface area (Å²) in [4.78, 5) is 0. The van der Waals surface area contributed by atoms with Crippen LogP contribution in [0, 0.1) is 0 Å². The fraction of sp³-hybridized carbons (Fsp3) is 0.0213. The topological polar surface area (TPSA) is 0 Å². The van der Waals surface area contributed by atoms with Crippen LogP contribution in [-0.4, -0.2) is 0 Å². The zero-order valence-corrected chi connectivity index (χ0v) is 25.9. The number of hydrogen-bond acceptors (Lipinski definition) is 0. The lowest BCUT2D eigenvalue weighted by Gasteiger charge is -2.12. The van der Waals surface area contributed by atoms with Crippen LogP contribution in [0.4, 0.5) is 0 Å². The molecule has 0 nitrogen and oxygen atoms in total. The first-order valence-corrected chi connectivity index (χ1v) is 16.5. The SMILES string of the molecule is c1cc(-c2ccc3cc(-c4ccc5ccc6ccccc6c5c4)ccc3c2)cc(-c2cccc3c2Cc2c-3ccc3ccccc23)c1. The molecular weight excluding hydrogens is 565 g/mol. The molecule has 0 bridgehead atoms. The summed E-state index contributed by atoms with van der Waals surface area (Å²) in [5.41, 5.74) is 13.2. The van der Waals surface area contributed by atoms with E-state index in [0.29, 0.717) is 0 Å². The first-order chi connectivity index (χ1) is 23.3. The lowest BCUT2D eigenvalue weighted by atomic mass is 9.92. The third kappa shape index (κ3) is 4.22. The average Bonchev–Trinajstić information content (AvgIpc) is 3.54. The van der Waals surface area contributed by atoms with Crippen molar-refractivity contribution in [2.75, 3.05) is 0 Å². The smallest absolute Gasteiger partial charge is 0.000112 e. The molecule has 0 saturated heterocycles. The minimum absolute atomic E-state index is 0.970. The van der Waals surface area contributed by atoms with Crippen molar-refractivity contribution in [1.82, 2.24) is 0 Å². The summed E-state index contributed by atoms with van der Waals surface area (Å²) in [6, 6.07) is 63.0. The van der Waals surface area contributed by atoms with E-state index >= 15 is 0 Å². The molecule has 218 valence electrons. The molecule has 0 heteroatoms. The molecule has 0 saturated carbocycles. The van der Waals surface area contributed by atoms with Gasteiger partial charge in [-0.05, 0) is 129 Å². The molecular formula is C47H30. The van der Waals surface area contributed by atoms with Gasteiger partial charge in [0.1, 0.15) is 0 Å². The normalized spacial score (nSPS) is 12.2. The lowest BCUT2D eigenvalue weighted by molar-refractivity contribution is 1.28. The molecule has 0 aromatic heterocycles. The predicted molar refractivity (Wildman–Crippen MR) is 201 cm³/mol. The Hall–Kier alpha value is -5.98. The summed E-state index contributed by atoms with van der Waals surface area (Å²) < 4.78 is 0. The summed E-state index contributed by atoms with van der Waals surface area (Å²) in [5, 5.41) is 10.4. The van der Waals surface area contributed by atoms with Crippen LogP contribution in [0.1, 0.15) is 11.1 Å². The molecule has 0 aliphatic heterocycles. The van der Waals surface area contributed by atoms with Crippen LogP contribution in [0.2, 0.25) is 0 Å². The van der Waals surface area contributed by atoms with Gasteiger partial charge in [-0.1, -0.05) is 146 Å². The molecule has 0 amide bonds. The van der Waals surface area contributed by atoms with Crippen molar-refractivity contribution < 1.29 is 0 Å². The third-order valence-corrected chi connectivity index (χ3v) is 10.3. The molecule has 1 aliphatic rings. The van der Waals surface area contributed by atoms with Gasteiger partial charge in [-0.15, -0.1) is 0 Å². The van der Waals surface area contributed by atoms with Gasteiger partial charge in [0.05, 0.1) is 0 Å². The van der Waals surface area contributed by atoms with Crippen LogP contribution in [0.25, 0.3) is 87.6 Å². The molecule has 0 unspecified atom stereocenters. The van der Waals surface area contributed by atoms with E-state index in [1.165, 1.54) is 98.7 Å². The Balaban J connectivity index is 1.00. The molecule has 47 heavy (non-hydrogen) atoms. The van der Waals surface area contributed by atoms with Crippen LogP contribution < -0.4 is 0 Å². The second-order valence-electron chi connectivity index (χ2n) is 12.9. The van der Waals surface area contributed by atoms with Gasteiger partial charge in [-0.2, -0.15) is 0 Å². The maximum Gasteiger partial charge on any atom is -0.000112 e. The van der Waals surface area contributed by atoms with Crippen LogP contribution >= 0.6 is 0 Å². The second-order valence-corrected chi connectivity index (χ2v) is 12.9. The predicted octanol–water partition coefficient (Wildman–Crippen LogP) is 12.9. The number of rotatable bonds is 3. The maximum atomic E-state index is 2.37. The molecule has 9 aromatic rings. The second kappa shape index (κ2) is 10.3.